The van der Waals surface area contributed by atoms with Gasteiger partial charge in [0.1, 0.15) is 5.78 Å². The monoisotopic (exact) mass is 266 g/mol. The molecule has 19 heavy (non-hydrogen) atoms. The molecule has 0 rings (SSSR count). The predicted octanol–water partition coefficient (Wildman–Crippen LogP) is 5.93. The van der Waals surface area contributed by atoms with E-state index in [1.54, 1.807) is 0 Å². The zero-order chi connectivity index (χ0) is 14.5. The minimum atomic E-state index is 0.167. The molecule has 0 radical (unpaired) electrons. The molecule has 0 saturated heterocycles. The maximum atomic E-state index is 12.1. The molecule has 1 nitrogen and oxygen atoms in total. The molecule has 2 unspecified atom stereocenters. The molecule has 0 saturated carbocycles. The van der Waals surface area contributed by atoms with E-state index < -0.39 is 0 Å². The predicted molar refractivity (Wildman–Crippen MR) is 85.4 cm³/mol. The maximum absolute atomic E-state index is 12.1. The van der Waals surface area contributed by atoms with Gasteiger partial charge in [0.25, 0.3) is 0 Å². The molecule has 0 aliphatic rings. The van der Waals surface area contributed by atoms with E-state index in [0.29, 0.717) is 11.7 Å². The van der Waals surface area contributed by atoms with E-state index in [4.69, 9.17) is 0 Å². The number of unbranched alkanes of at least 4 members (excludes halogenated alkanes) is 6. The van der Waals surface area contributed by atoms with Gasteiger partial charge in [0.2, 0.25) is 0 Å². The smallest absolute Gasteiger partial charge is 0.136 e. The van der Waals surface area contributed by atoms with Crippen LogP contribution in [0.5, 0.6) is 0 Å². The minimum absolute atomic E-state index is 0.167. The highest BCUT2D eigenvalue weighted by molar-refractivity contribution is 5.81. The number of rotatable bonds is 13. The van der Waals surface area contributed by atoms with Crippen molar-refractivity contribution >= 4 is 5.78 Å². The summed E-state index contributed by atoms with van der Waals surface area (Å²) in [6.45, 7) is 10.4. The topological polar surface area (TPSA) is 17.1 Å². The van der Waals surface area contributed by atoms with Crippen LogP contribution < -0.4 is 0 Å². The summed E-state index contributed by atoms with van der Waals surface area (Å²) in [5.41, 5.74) is 0. The summed E-state index contributed by atoms with van der Waals surface area (Å²) in [6.07, 6.45) is 13.7. The van der Waals surface area contributed by atoms with Crippen molar-refractivity contribution in [2.45, 2.75) is 85.0 Å². The Morgan fingerprint density at radius 3 is 2.11 bits per heavy atom. The fourth-order valence-electron chi connectivity index (χ4n) is 2.57. The highest BCUT2D eigenvalue weighted by atomic mass is 16.1. The third-order valence-corrected chi connectivity index (χ3v) is 4.12. The summed E-state index contributed by atoms with van der Waals surface area (Å²) in [7, 11) is 0. The Bertz CT molecular complexity index is 232. The van der Waals surface area contributed by atoms with Crippen LogP contribution in [0.2, 0.25) is 0 Å². The first kappa shape index (κ1) is 18.4. The summed E-state index contributed by atoms with van der Waals surface area (Å²) >= 11 is 0. The van der Waals surface area contributed by atoms with Crippen LogP contribution in [0.15, 0.2) is 12.7 Å². The lowest BCUT2D eigenvalue weighted by molar-refractivity contribution is -0.123. The van der Waals surface area contributed by atoms with Crippen LogP contribution in [-0.4, -0.2) is 5.78 Å². The summed E-state index contributed by atoms with van der Waals surface area (Å²) in [4.78, 5) is 12.1. The number of Topliss-reactive ketones (excluding diaryl/α,β-unsaturated/α-hetero) is 1. The largest absolute Gasteiger partial charge is 0.299 e. The first-order valence-electron chi connectivity index (χ1n) is 8.32. The van der Waals surface area contributed by atoms with E-state index in [9.17, 15) is 4.79 Å². The Morgan fingerprint density at radius 2 is 1.58 bits per heavy atom. The van der Waals surface area contributed by atoms with Crippen LogP contribution in [0.4, 0.5) is 0 Å². The van der Waals surface area contributed by atoms with Gasteiger partial charge in [0, 0.05) is 12.3 Å². The van der Waals surface area contributed by atoms with Crippen molar-refractivity contribution < 1.29 is 4.79 Å². The van der Waals surface area contributed by atoms with Crippen LogP contribution >= 0.6 is 0 Å². The van der Waals surface area contributed by atoms with Gasteiger partial charge in [0.05, 0.1) is 0 Å². The third-order valence-electron chi connectivity index (χ3n) is 4.12. The van der Waals surface area contributed by atoms with Gasteiger partial charge in [-0.15, -0.1) is 6.58 Å². The number of carbonyl (C=O) groups excluding carboxylic acids is 1. The maximum Gasteiger partial charge on any atom is 0.136 e. The number of hydrogen-bond acceptors (Lipinski definition) is 1. The Balaban J connectivity index is 3.93. The summed E-state index contributed by atoms with van der Waals surface area (Å²) in [5.74, 6) is 0.993. The molecular weight excluding hydrogens is 232 g/mol. The van der Waals surface area contributed by atoms with Crippen LogP contribution in [-0.2, 0) is 4.79 Å². The van der Waals surface area contributed by atoms with E-state index in [1.165, 1.54) is 44.9 Å². The quantitative estimate of drug-likeness (QED) is 0.298. The molecule has 0 aliphatic heterocycles. The van der Waals surface area contributed by atoms with E-state index in [1.807, 2.05) is 6.08 Å². The molecule has 0 aromatic heterocycles. The molecule has 0 fully saturated rings. The Labute approximate surface area is 120 Å². The molecule has 0 heterocycles. The SMILES string of the molecule is C=CC(CCCCCC)C(C)C(=O)CCCCCC. The van der Waals surface area contributed by atoms with Gasteiger partial charge in [-0.1, -0.05) is 71.8 Å². The van der Waals surface area contributed by atoms with Gasteiger partial charge in [0.15, 0.2) is 0 Å². The number of allylic oxidation sites excluding steroid dienone is 1. The lowest BCUT2D eigenvalue weighted by Crippen LogP contribution is -2.19. The van der Waals surface area contributed by atoms with Gasteiger partial charge in [-0.05, 0) is 18.8 Å². The van der Waals surface area contributed by atoms with Crippen molar-refractivity contribution in [3.63, 3.8) is 0 Å². The standard InChI is InChI=1S/C18H34O/c1-5-8-10-12-14-17(7-3)16(4)18(19)15-13-11-9-6-2/h7,16-17H,3,5-6,8-15H2,1-2,4H3. The molecule has 0 amide bonds. The Hall–Kier alpha value is -0.590. The van der Waals surface area contributed by atoms with Gasteiger partial charge >= 0.3 is 0 Å². The van der Waals surface area contributed by atoms with Crippen LogP contribution in [0.25, 0.3) is 0 Å². The van der Waals surface area contributed by atoms with Crippen molar-refractivity contribution in [2.24, 2.45) is 11.8 Å². The summed E-state index contributed by atoms with van der Waals surface area (Å²) in [5, 5.41) is 0. The van der Waals surface area contributed by atoms with Crippen molar-refractivity contribution in [3.8, 4) is 0 Å². The zero-order valence-corrected chi connectivity index (χ0v) is 13.4. The van der Waals surface area contributed by atoms with E-state index in [2.05, 4.69) is 27.4 Å². The van der Waals surface area contributed by atoms with E-state index >= 15 is 0 Å². The van der Waals surface area contributed by atoms with E-state index in [0.717, 1.165) is 19.3 Å². The molecule has 0 aliphatic carbocycles. The summed E-state index contributed by atoms with van der Waals surface area (Å²) < 4.78 is 0. The molecule has 0 aromatic carbocycles. The second-order valence-electron chi connectivity index (χ2n) is 5.81. The highest BCUT2D eigenvalue weighted by Gasteiger charge is 2.20. The van der Waals surface area contributed by atoms with Crippen LogP contribution in [0.1, 0.15) is 85.0 Å². The van der Waals surface area contributed by atoms with Gasteiger partial charge in [-0.2, -0.15) is 0 Å². The minimum Gasteiger partial charge on any atom is -0.299 e. The average molecular weight is 266 g/mol. The second-order valence-corrected chi connectivity index (χ2v) is 5.81. The molecule has 112 valence electrons. The number of ketones is 1. The Kier molecular flexibility index (Phi) is 12.1. The number of carbonyl (C=O) groups is 1. The molecule has 0 spiro atoms. The van der Waals surface area contributed by atoms with Crippen molar-refractivity contribution in [3.05, 3.63) is 12.7 Å². The van der Waals surface area contributed by atoms with Gasteiger partial charge < -0.3 is 0 Å². The lowest BCUT2D eigenvalue weighted by atomic mass is 9.84. The normalized spacial score (nSPS) is 14.1. The Morgan fingerprint density at radius 1 is 1.00 bits per heavy atom. The average Bonchev–Trinajstić information content (AvgIpc) is 2.43. The molecule has 2 atom stereocenters. The fourth-order valence-corrected chi connectivity index (χ4v) is 2.57. The number of hydrogen-bond donors (Lipinski definition) is 0. The van der Waals surface area contributed by atoms with Crippen molar-refractivity contribution in [1.82, 2.24) is 0 Å². The highest BCUT2D eigenvalue weighted by Crippen LogP contribution is 2.23. The lowest BCUT2D eigenvalue weighted by Gasteiger charge is -2.19. The van der Waals surface area contributed by atoms with Gasteiger partial charge in [-0.3, -0.25) is 4.79 Å². The van der Waals surface area contributed by atoms with Crippen molar-refractivity contribution in [1.29, 1.82) is 0 Å². The fraction of sp³-hybridized carbons (Fsp3) is 0.833. The molecule has 0 bridgehead atoms. The van der Waals surface area contributed by atoms with Crippen LogP contribution in [0, 0.1) is 11.8 Å². The zero-order valence-electron chi connectivity index (χ0n) is 13.4. The second kappa shape index (κ2) is 12.4. The molecular formula is C18H34O. The molecule has 1 heteroatoms. The van der Waals surface area contributed by atoms with Gasteiger partial charge in [-0.25, -0.2) is 0 Å². The summed E-state index contributed by atoms with van der Waals surface area (Å²) in [6, 6.07) is 0. The molecule has 0 aromatic rings. The molecule has 0 N–H and O–H groups in total. The van der Waals surface area contributed by atoms with E-state index in [-0.39, 0.29) is 5.92 Å². The first-order valence-corrected chi connectivity index (χ1v) is 8.32. The first-order chi connectivity index (χ1) is 9.17. The van der Waals surface area contributed by atoms with Crippen molar-refractivity contribution in [2.75, 3.05) is 0 Å². The third kappa shape index (κ3) is 9.02. The van der Waals surface area contributed by atoms with Crippen LogP contribution in [0.3, 0.4) is 0 Å².